The number of nitrogens with two attached hydrogens (primary N) is 1. The van der Waals surface area contributed by atoms with E-state index in [1.807, 2.05) is 25.1 Å². The number of rotatable bonds is 2. The number of hydrogen-bond donors (Lipinski definition) is 1. The summed E-state index contributed by atoms with van der Waals surface area (Å²) in [6, 6.07) is 7.21. The van der Waals surface area contributed by atoms with Crippen molar-refractivity contribution in [1.29, 1.82) is 0 Å². The van der Waals surface area contributed by atoms with Gasteiger partial charge in [0.25, 0.3) is 0 Å². The monoisotopic (exact) mass is 325 g/mol. The van der Waals surface area contributed by atoms with E-state index in [-0.39, 0.29) is 17.5 Å². The van der Waals surface area contributed by atoms with Crippen molar-refractivity contribution in [2.75, 3.05) is 17.2 Å². The number of halogens is 1. The Labute approximate surface area is 128 Å². The van der Waals surface area contributed by atoms with Crippen molar-refractivity contribution >= 4 is 27.3 Å². The maximum atomic E-state index is 11.6. The lowest BCUT2D eigenvalue weighted by Crippen LogP contribution is -2.14. The number of sulfone groups is 1. The summed E-state index contributed by atoms with van der Waals surface area (Å²) in [6.07, 6.45) is 0.558. The molecule has 2 N–H and O–H groups in total. The molecule has 1 aliphatic rings. The highest BCUT2D eigenvalue weighted by molar-refractivity contribution is 7.91. The summed E-state index contributed by atoms with van der Waals surface area (Å²) >= 11 is 6.01. The molecule has 2 aromatic rings. The topological polar surface area (TPSA) is 78.0 Å². The fourth-order valence-corrected chi connectivity index (χ4v) is 4.57. The van der Waals surface area contributed by atoms with Crippen LogP contribution in [0.1, 0.15) is 18.0 Å². The van der Waals surface area contributed by atoms with E-state index in [0.29, 0.717) is 17.3 Å². The third-order valence-electron chi connectivity index (χ3n) is 3.85. The molecule has 3 rings (SSSR count). The molecular weight excluding hydrogens is 310 g/mol. The third-order valence-corrected chi connectivity index (χ3v) is 5.83. The number of nitrogens with zero attached hydrogens (tertiary/aromatic N) is 2. The van der Waals surface area contributed by atoms with Crippen LogP contribution in [0.3, 0.4) is 0 Å². The first kappa shape index (κ1) is 14.4. The van der Waals surface area contributed by atoms with Crippen molar-refractivity contribution in [3.63, 3.8) is 0 Å². The van der Waals surface area contributed by atoms with Gasteiger partial charge in [0.2, 0.25) is 0 Å². The van der Waals surface area contributed by atoms with Crippen LogP contribution in [0.25, 0.3) is 11.3 Å². The Morgan fingerprint density at radius 1 is 1.43 bits per heavy atom. The second-order valence-corrected chi connectivity index (χ2v) is 8.04. The van der Waals surface area contributed by atoms with Crippen LogP contribution in [0.4, 0.5) is 5.82 Å². The molecule has 1 aliphatic heterocycles. The molecule has 0 spiro atoms. The summed E-state index contributed by atoms with van der Waals surface area (Å²) in [7, 11) is -2.97. The number of anilines is 1. The van der Waals surface area contributed by atoms with E-state index in [4.69, 9.17) is 17.3 Å². The van der Waals surface area contributed by atoms with Gasteiger partial charge in [-0.2, -0.15) is 5.10 Å². The van der Waals surface area contributed by atoms with Gasteiger partial charge in [-0.15, -0.1) is 0 Å². The van der Waals surface area contributed by atoms with Gasteiger partial charge in [-0.25, -0.2) is 13.1 Å². The Hall–Kier alpha value is -1.53. The van der Waals surface area contributed by atoms with Gasteiger partial charge in [0, 0.05) is 16.1 Å². The first-order valence-corrected chi connectivity index (χ1v) is 8.88. The zero-order chi connectivity index (χ0) is 15.2. The van der Waals surface area contributed by atoms with Crippen molar-refractivity contribution in [3.05, 3.63) is 34.9 Å². The van der Waals surface area contributed by atoms with Crippen molar-refractivity contribution in [3.8, 4) is 11.3 Å². The average molecular weight is 326 g/mol. The van der Waals surface area contributed by atoms with E-state index in [1.165, 1.54) is 0 Å². The van der Waals surface area contributed by atoms with Crippen LogP contribution in [0.5, 0.6) is 0 Å². The van der Waals surface area contributed by atoms with Crippen molar-refractivity contribution in [2.45, 2.75) is 19.4 Å². The van der Waals surface area contributed by atoms with Crippen LogP contribution in [0.2, 0.25) is 5.02 Å². The summed E-state index contributed by atoms with van der Waals surface area (Å²) in [6.45, 7) is 1.89. The van der Waals surface area contributed by atoms with Gasteiger partial charge >= 0.3 is 0 Å². The highest BCUT2D eigenvalue weighted by Gasteiger charge is 2.31. The number of benzene rings is 1. The molecule has 21 heavy (non-hydrogen) atoms. The number of hydrogen-bond acceptors (Lipinski definition) is 4. The minimum atomic E-state index is -2.97. The third kappa shape index (κ3) is 2.65. The second kappa shape index (κ2) is 5.03. The van der Waals surface area contributed by atoms with Crippen LogP contribution < -0.4 is 5.73 Å². The molecular formula is C14H16ClN3O2S. The van der Waals surface area contributed by atoms with Crippen LogP contribution in [0, 0.1) is 6.92 Å². The molecule has 5 nitrogen and oxygen atoms in total. The maximum absolute atomic E-state index is 11.6. The molecule has 1 unspecified atom stereocenters. The van der Waals surface area contributed by atoms with E-state index < -0.39 is 9.84 Å². The van der Waals surface area contributed by atoms with Crippen LogP contribution in [-0.4, -0.2) is 29.7 Å². The van der Waals surface area contributed by atoms with Crippen molar-refractivity contribution < 1.29 is 8.42 Å². The average Bonchev–Trinajstić information content (AvgIpc) is 2.91. The molecule has 0 amide bonds. The van der Waals surface area contributed by atoms with Crippen molar-refractivity contribution in [2.24, 2.45) is 0 Å². The van der Waals surface area contributed by atoms with E-state index in [1.54, 1.807) is 10.7 Å². The molecule has 1 saturated heterocycles. The molecule has 1 atom stereocenters. The van der Waals surface area contributed by atoms with Crippen LogP contribution in [-0.2, 0) is 9.84 Å². The predicted molar refractivity (Wildman–Crippen MR) is 84.1 cm³/mol. The van der Waals surface area contributed by atoms with Gasteiger partial charge in [0.05, 0.1) is 23.2 Å². The van der Waals surface area contributed by atoms with Gasteiger partial charge in [0.15, 0.2) is 9.84 Å². The molecule has 1 fully saturated rings. The lowest BCUT2D eigenvalue weighted by molar-refractivity contribution is 0.508. The second-order valence-electron chi connectivity index (χ2n) is 5.37. The summed E-state index contributed by atoms with van der Waals surface area (Å²) in [5, 5.41) is 5.17. The lowest BCUT2D eigenvalue weighted by atomic mass is 10.1. The SMILES string of the molecule is Cc1c(-c2cccc(Cl)c2)nn(C2CCS(=O)(=O)C2)c1N. The fourth-order valence-electron chi connectivity index (χ4n) is 2.69. The summed E-state index contributed by atoms with van der Waals surface area (Å²) in [4.78, 5) is 0. The lowest BCUT2D eigenvalue weighted by Gasteiger charge is -2.10. The maximum Gasteiger partial charge on any atom is 0.152 e. The highest BCUT2D eigenvalue weighted by Crippen LogP contribution is 2.32. The largest absolute Gasteiger partial charge is 0.384 e. The van der Waals surface area contributed by atoms with Gasteiger partial charge < -0.3 is 5.73 Å². The van der Waals surface area contributed by atoms with E-state index in [0.717, 1.165) is 16.8 Å². The normalized spacial score (nSPS) is 20.8. The minimum absolute atomic E-state index is 0.104. The van der Waals surface area contributed by atoms with Gasteiger partial charge in [-0.05, 0) is 25.5 Å². The molecule has 112 valence electrons. The Kier molecular flexibility index (Phi) is 3.45. The fraction of sp³-hybridized carbons (Fsp3) is 0.357. The number of aromatic nitrogens is 2. The highest BCUT2D eigenvalue weighted by atomic mass is 35.5. The van der Waals surface area contributed by atoms with Gasteiger partial charge in [-0.1, -0.05) is 23.7 Å². The summed E-state index contributed by atoms with van der Waals surface area (Å²) in [5.41, 5.74) is 8.60. The zero-order valence-corrected chi connectivity index (χ0v) is 13.2. The Balaban J connectivity index is 2.04. The molecule has 0 bridgehead atoms. The molecule has 0 radical (unpaired) electrons. The van der Waals surface area contributed by atoms with E-state index in [2.05, 4.69) is 5.10 Å². The van der Waals surface area contributed by atoms with E-state index >= 15 is 0 Å². The number of nitrogen functional groups attached to an aromatic ring is 1. The molecule has 1 aromatic carbocycles. The van der Waals surface area contributed by atoms with Crippen molar-refractivity contribution in [1.82, 2.24) is 9.78 Å². The minimum Gasteiger partial charge on any atom is -0.384 e. The summed E-state index contributed by atoms with van der Waals surface area (Å²) < 4.78 is 24.9. The molecule has 2 heterocycles. The first-order chi connectivity index (χ1) is 9.87. The summed E-state index contributed by atoms with van der Waals surface area (Å²) in [5.74, 6) is 0.822. The Morgan fingerprint density at radius 2 is 2.19 bits per heavy atom. The predicted octanol–water partition coefficient (Wildman–Crippen LogP) is 2.45. The Bertz CT molecular complexity index is 799. The molecule has 0 saturated carbocycles. The first-order valence-electron chi connectivity index (χ1n) is 6.68. The smallest absolute Gasteiger partial charge is 0.152 e. The standard InChI is InChI=1S/C14H16ClN3O2S/c1-9-13(10-3-2-4-11(15)7-10)17-18(14(9)16)12-5-6-21(19,20)8-12/h2-4,7,12H,5-6,8,16H2,1H3. The zero-order valence-electron chi connectivity index (χ0n) is 11.6. The van der Waals surface area contributed by atoms with Gasteiger partial charge in [-0.3, -0.25) is 0 Å². The van der Waals surface area contributed by atoms with E-state index in [9.17, 15) is 8.42 Å². The molecule has 1 aromatic heterocycles. The quantitative estimate of drug-likeness (QED) is 0.920. The molecule has 0 aliphatic carbocycles. The van der Waals surface area contributed by atoms with Gasteiger partial charge in [0.1, 0.15) is 5.82 Å². The van der Waals surface area contributed by atoms with Crippen LogP contribution in [0.15, 0.2) is 24.3 Å². The molecule has 7 heteroatoms. The van der Waals surface area contributed by atoms with Crippen LogP contribution >= 0.6 is 11.6 Å². The Morgan fingerprint density at radius 3 is 2.81 bits per heavy atom.